The fourth-order valence-corrected chi connectivity index (χ4v) is 4.22. The first-order valence-corrected chi connectivity index (χ1v) is 11.4. The molecule has 2 aromatic rings. The number of likely N-dealkylation sites (tertiary alicyclic amines) is 1. The first kappa shape index (κ1) is 26.6. The molecule has 1 atom stereocenters. The molecule has 0 aliphatic carbocycles. The lowest BCUT2D eigenvalue weighted by molar-refractivity contribution is -0.137. The van der Waals surface area contributed by atoms with E-state index in [0.29, 0.717) is 12.1 Å². The molecule has 3 rings (SSSR count). The quantitative estimate of drug-likeness (QED) is 0.389. The summed E-state index contributed by atoms with van der Waals surface area (Å²) in [6, 6.07) is 5.83. The summed E-state index contributed by atoms with van der Waals surface area (Å²) in [5, 5.41) is 21.7. The van der Waals surface area contributed by atoms with Crippen LogP contribution in [-0.4, -0.2) is 60.9 Å². The van der Waals surface area contributed by atoms with Crippen molar-refractivity contribution in [1.82, 2.24) is 4.90 Å². The SMILES string of the molecule is COc1cc(OC)c(C(=O)C=Cc2ccc(C(F)(F)F)cc2)c(O)c1CC(O)CN1CCCCC1. The van der Waals surface area contributed by atoms with Gasteiger partial charge in [-0.1, -0.05) is 24.6 Å². The zero-order valence-corrected chi connectivity index (χ0v) is 19.8. The van der Waals surface area contributed by atoms with Gasteiger partial charge in [-0.2, -0.15) is 13.2 Å². The Kier molecular flexibility index (Phi) is 8.80. The number of β-amino-alcohol motifs (C(OH)–C–C–N with tert-alkyl or cyclic N) is 1. The number of hydrogen-bond donors (Lipinski definition) is 2. The van der Waals surface area contributed by atoms with Crippen molar-refractivity contribution in [3.05, 3.63) is 58.7 Å². The summed E-state index contributed by atoms with van der Waals surface area (Å²) in [5.74, 6) is -0.606. The molecule has 1 aliphatic heterocycles. The molecule has 1 heterocycles. The standard InChI is InChI=1S/C26H30F3NO5/c1-34-22-15-23(35-2)24(21(32)11-8-17-6-9-18(10-7-17)26(27,28)29)25(33)20(22)14-19(31)16-30-12-4-3-5-13-30/h6-11,15,19,31,33H,3-5,12-14,16H2,1-2H3. The number of benzene rings is 2. The number of carbonyl (C=O) groups excluding carboxylic acids is 1. The third-order valence-electron chi connectivity index (χ3n) is 6.04. The minimum atomic E-state index is -4.45. The number of aliphatic hydroxyl groups is 1. The number of ether oxygens (including phenoxy) is 2. The van der Waals surface area contributed by atoms with Gasteiger partial charge < -0.3 is 24.6 Å². The number of alkyl halides is 3. The van der Waals surface area contributed by atoms with E-state index in [1.807, 2.05) is 0 Å². The zero-order chi connectivity index (χ0) is 25.6. The number of methoxy groups -OCH3 is 2. The highest BCUT2D eigenvalue weighted by molar-refractivity contribution is 6.11. The second-order valence-corrected chi connectivity index (χ2v) is 8.52. The van der Waals surface area contributed by atoms with E-state index < -0.39 is 23.6 Å². The maximum absolute atomic E-state index is 13.0. The van der Waals surface area contributed by atoms with Crippen molar-refractivity contribution in [2.75, 3.05) is 33.9 Å². The second kappa shape index (κ2) is 11.6. The van der Waals surface area contributed by atoms with Crippen LogP contribution in [0.5, 0.6) is 17.2 Å². The van der Waals surface area contributed by atoms with Crippen LogP contribution < -0.4 is 9.47 Å². The maximum atomic E-state index is 13.0. The highest BCUT2D eigenvalue weighted by atomic mass is 19.4. The van der Waals surface area contributed by atoms with Crippen LogP contribution in [0.3, 0.4) is 0 Å². The van der Waals surface area contributed by atoms with Gasteiger partial charge in [-0.05, 0) is 49.7 Å². The fourth-order valence-electron chi connectivity index (χ4n) is 4.22. The van der Waals surface area contributed by atoms with Crippen molar-refractivity contribution in [2.24, 2.45) is 0 Å². The second-order valence-electron chi connectivity index (χ2n) is 8.52. The summed E-state index contributed by atoms with van der Waals surface area (Å²) in [7, 11) is 2.76. The number of phenols is 1. The van der Waals surface area contributed by atoms with Crippen molar-refractivity contribution in [3.8, 4) is 17.2 Å². The topological polar surface area (TPSA) is 79.2 Å². The summed E-state index contributed by atoms with van der Waals surface area (Å²) in [5.41, 5.74) is -0.237. The predicted octanol–water partition coefficient (Wildman–Crippen LogP) is 4.71. The van der Waals surface area contributed by atoms with Gasteiger partial charge in [-0.15, -0.1) is 0 Å². The van der Waals surface area contributed by atoms with E-state index in [4.69, 9.17) is 9.47 Å². The third kappa shape index (κ3) is 6.76. The van der Waals surface area contributed by atoms with Gasteiger partial charge in [0.1, 0.15) is 22.8 Å². The first-order valence-electron chi connectivity index (χ1n) is 11.4. The summed E-state index contributed by atoms with van der Waals surface area (Å²) in [6.45, 7) is 2.24. The molecule has 0 saturated carbocycles. The Balaban J connectivity index is 1.84. The summed E-state index contributed by atoms with van der Waals surface area (Å²) in [4.78, 5) is 15.1. The Morgan fingerprint density at radius 1 is 1.09 bits per heavy atom. The van der Waals surface area contributed by atoms with Crippen molar-refractivity contribution in [3.63, 3.8) is 0 Å². The number of ketones is 1. The van der Waals surface area contributed by atoms with Gasteiger partial charge in [-0.3, -0.25) is 4.79 Å². The monoisotopic (exact) mass is 493 g/mol. The normalized spacial score (nSPS) is 15.8. The van der Waals surface area contributed by atoms with Gasteiger partial charge in [-0.25, -0.2) is 0 Å². The average molecular weight is 494 g/mol. The third-order valence-corrected chi connectivity index (χ3v) is 6.04. The molecule has 0 aromatic heterocycles. The molecule has 0 radical (unpaired) electrons. The van der Waals surface area contributed by atoms with Crippen LogP contribution >= 0.6 is 0 Å². The zero-order valence-electron chi connectivity index (χ0n) is 19.8. The molecule has 1 unspecified atom stereocenters. The van der Waals surface area contributed by atoms with Crippen LogP contribution in [0, 0.1) is 0 Å². The molecule has 190 valence electrons. The largest absolute Gasteiger partial charge is 0.507 e. The molecule has 35 heavy (non-hydrogen) atoms. The summed E-state index contributed by atoms with van der Waals surface area (Å²) in [6.07, 6.45) is 0.670. The number of aromatic hydroxyl groups is 1. The molecule has 1 aliphatic rings. The number of phenolic OH excluding ortho intramolecular Hbond substituents is 1. The molecule has 0 spiro atoms. The minimum absolute atomic E-state index is 0.0679. The predicted molar refractivity (Wildman–Crippen MR) is 126 cm³/mol. The fraction of sp³-hybridized carbons (Fsp3) is 0.423. The lowest BCUT2D eigenvalue weighted by Crippen LogP contribution is -2.37. The van der Waals surface area contributed by atoms with Gasteiger partial charge in [0.05, 0.1) is 25.9 Å². The van der Waals surface area contributed by atoms with E-state index in [1.165, 1.54) is 44.9 Å². The van der Waals surface area contributed by atoms with Crippen molar-refractivity contribution in [1.29, 1.82) is 0 Å². The van der Waals surface area contributed by atoms with E-state index >= 15 is 0 Å². The smallest absolute Gasteiger partial charge is 0.416 e. The molecule has 0 bridgehead atoms. The molecule has 2 aromatic carbocycles. The van der Waals surface area contributed by atoms with Crippen LogP contribution in [0.1, 0.15) is 46.3 Å². The van der Waals surface area contributed by atoms with E-state index in [9.17, 15) is 28.2 Å². The van der Waals surface area contributed by atoms with Crippen molar-refractivity contribution >= 4 is 11.9 Å². The molecular formula is C26H30F3NO5. The van der Waals surface area contributed by atoms with Gasteiger partial charge in [0.25, 0.3) is 0 Å². The van der Waals surface area contributed by atoms with E-state index in [2.05, 4.69) is 4.90 Å². The van der Waals surface area contributed by atoms with Crippen LogP contribution in [0.15, 0.2) is 36.4 Å². The Bertz CT molecular complexity index is 1040. The number of nitrogens with zero attached hydrogens (tertiary/aromatic N) is 1. The van der Waals surface area contributed by atoms with Gasteiger partial charge in [0.2, 0.25) is 0 Å². The lowest BCUT2D eigenvalue weighted by atomic mass is 9.97. The molecule has 1 saturated heterocycles. The van der Waals surface area contributed by atoms with E-state index in [-0.39, 0.29) is 34.8 Å². The number of aliphatic hydroxyl groups excluding tert-OH is 1. The van der Waals surface area contributed by atoms with E-state index in [0.717, 1.165) is 44.1 Å². The Labute approximate surface area is 202 Å². The van der Waals surface area contributed by atoms with Crippen molar-refractivity contribution in [2.45, 2.75) is 38.0 Å². The van der Waals surface area contributed by atoms with Crippen LogP contribution in [0.25, 0.3) is 6.08 Å². The highest BCUT2D eigenvalue weighted by Gasteiger charge is 2.30. The van der Waals surface area contributed by atoms with Crippen molar-refractivity contribution < 1.29 is 37.7 Å². The molecular weight excluding hydrogens is 463 g/mol. The Hall–Kier alpha value is -3.04. The molecule has 9 heteroatoms. The summed E-state index contributed by atoms with van der Waals surface area (Å²) >= 11 is 0. The van der Waals surface area contributed by atoms with Crippen LogP contribution in [0.2, 0.25) is 0 Å². The summed E-state index contributed by atoms with van der Waals surface area (Å²) < 4.78 is 48.9. The Morgan fingerprint density at radius 2 is 1.71 bits per heavy atom. The molecule has 0 amide bonds. The minimum Gasteiger partial charge on any atom is -0.507 e. The number of piperidine rings is 1. The molecule has 2 N–H and O–H groups in total. The average Bonchev–Trinajstić information content (AvgIpc) is 2.83. The first-order chi connectivity index (χ1) is 16.6. The molecule has 6 nitrogen and oxygen atoms in total. The van der Waals surface area contributed by atoms with Gasteiger partial charge >= 0.3 is 6.18 Å². The van der Waals surface area contributed by atoms with Crippen LogP contribution in [0.4, 0.5) is 13.2 Å². The van der Waals surface area contributed by atoms with E-state index in [1.54, 1.807) is 0 Å². The number of halogens is 3. The number of hydrogen-bond acceptors (Lipinski definition) is 6. The Morgan fingerprint density at radius 3 is 2.29 bits per heavy atom. The van der Waals surface area contributed by atoms with Crippen LogP contribution in [-0.2, 0) is 12.6 Å². The number of carbonyl (C=O) groups is 1. The highest BCUT2D eigenvalue weighted by Crippen LogP contribution is 2.40. The number of rotatable bonds is 9. The van der Waals surface area contributed by atoms with Gasteiger partial charge in [0, 0.05) is 24.6 Å². The maximum Gasteiger partial charge on any atom is 0.416 e. The lowest BCUT2D eigenvalue weighted by Gasteiger charge is -2.29. The molecule has 1 fully saturated rings. The number of allylic oxidation sites excluding steroid dienone is 1. The van der Waals surface area contributed by atoms with Gasteiger partial charge in [0.15, 0.2) is 5.78 Å².